The van der Waals surface area contributed by atoms with E-state index >= 15 is 0 Å². The van der Waals surface area contributed by atoms with E-state index in [-0.39, 0.29) is 22.4 Å². The topological polar surface area (TPSA) is 121 Å². The molecule has 0 radical (unpaired) electrons. The number of hydrogen-bond acceptors (Lipinski definition) is 7. The highest BCUT2D eigenvalue weighted by Crippen LogP contribution is 2.18. The molecule has 3 N–H and O–H groups in total. The third-order valence-electron chi connectivity index (χ3n) is 3.01. The Labute approximate surface area is 165 Å². The van der Waals surface area contributed by atoms with Gasteiger partial charge in [-0.1, -0.05) is 18.2 Å². The van der Waals surface area contributed by atoms with Crippen LogP contribution in [-0.4, -0.2) is 32.9 Å². The first kappa shape index (κ1) is 20.0. The number of nitrogens with zero attached hydrogens (tertiary/aromatic N) is 4. The molecule has 0 aliphatic carbocycles. The maximum absolute atomic E-state index is 11.2. The lowest BCUT2D eigenvalue weighted by Crippen LogP contribution is -2.30. The van der Waals surface area contributed by atoms with Gasteiger partial charge < -0.3 is 9.84 Å². The molecule has 0 fully saturated rings. The largest absolute Gasteiger partial charge is 0.478 e. The normalized spacial score (nSPS) is 11.4. The number of hydrogen-bond donors (Lipinski definition) is 3. The molecule has 2 rings (SSSR count). The fourth-order valence-corrected chi connectivity index (χ4v) is 1.95. The molecule has 0 amide bonds. The number of ether oxygens (including phenoxy) is 1. The molecule has 2 aromatic rings. The minimum Gasteiger partial charge on any atom is -0.478 e. The van der Waals surface area contributed by atoms with E-state index in [0.29, 0.717) is 11.4 Å². The molecule has 27 heavy (non-hydrogen) atoms. The lowest BCUT2D eigenvalue weighted by atomic mass is 10.2. The zero-order valence-electron chi connectivity index (χ0n) is 14.0. The lowest BCUT2D eigenvalue weighted by molar-refractivity contribution is 0.0694. The van der Waals surface area contributed by atoms with Crippen LogP contribution < -0.4 is 15.6 Å². The van der Waals surface area contributed by atoms with Gasteiger partial charge >= 0.3 is 12.0 Å². The number of carboxylic acids is 1. The fourth-order valence-electron chi connectivity index (χ4n) is 1.78. The van der Waals surface area contributed by atoms with Crippen molar-refractivity contribution in [3.05, 3.63) is 59.9 Å². The second kappa shape index (κ2) is 9.99. The van der Waals surface area contributed by atoms with Crippen molar-refractivity contribution in [2.24, 2.45) is 14.6 Å². The molecule has 1 aromatic heterocycles. The number of para-hydroxylation sites is 1. The number of pyridine rings is 1. The van der Waals surface area contributed by atoms with Gasteiger partial charge in [-0.05, 0) is 43.4 Å². The summed E-state index contributed by atoms with van der Waals surface area (Å²) in [5.41, 5.74) is 6.29. The number of carboxylic acid groups (broad SMARTS) is 1. The third kappa shape index (κ3) is 6.17. The molecule has 0 saturated carbocycles. The van der Waals surface area contributed by atoms with Crippen LogP contribution in [0.2, 0.25) is 0 Å². The Morgan fingerprint density at radius 1 is 1.15 bits per heavy atom. The van der Waals surface area contributed by atoms with Gasteiger partial charge in [-0.3, -0.25) is 10.4 Å². The predicted octanol–water partition coefficient (Wildman–Crippen LogP) is 2.05. The van der Waals surface area contributed by atoms with Gasteiger partial charge in [0.15, 0.2) is 0 Å². The van der Waals surface area contributed by atoms with Crippen molar-refractivity contribution in [3.63, 3.8) is 0 Å². The maximum Gasteiger partial charge on any atom is 0.351 e. The summed E-state index contributed by atoms with van der Waals surface area (Å²) in [6.45, 7) is 1.76. The monoisotopic (exact) mass is 402 g/mol. The highest BCUT2D eigenvalue weighted by atomic mass is 32.1. The zero-order valence-corrected chi connectivity index (χ0v) is 15.6. The molecule has 11 heteroatoms. The Bertz CT molecular complexity index is 902. The molecule has 0 aliphatic rings. The number of aromatic carboxylic acids is 1. The van der Waals surface area contributed by atoms with Crippen molar-refractivity contribution in [3.8, 4) is 5.75 Å². The summed E-state index contributed by atoms with van der Waals surface area (Å²) in [7, 11) is 0. The number of thiocarbonyl (C=S) groups is 1. The average molecular weight is 402 g/mol. The van der Waals surface area contributed by atoms with Crippen molar-refractivity contribution >= 4 is 47.5 Å². The van der Waals surface area contributed by atoms with Gasteiger partial charge in [-0.2, -0.15) is 5.10 Å². The van der Waals surface area contributed by atoms with Gasteiger partial charge in [-0.15, -0.1) is 9.46 Å². The van der Waals surface area contributed by atoms with Crippen molar-refractivity contribution < 1.29 is 14.6 Å². The van der Waals surface area contributed by atoms with Gasteiger partial charge in [0.05, 0.1) is 11.4 Å². The summed E-state index contributed by atoms with van der Waals surface area (Å²) in [4.78, 5) is 15.3. The van der Waals surface area contributed by atoms with E-state index in [1.54, 1.807) is 37.4 Å². The van der Waals surface area contributed by atoms with E-state index in [2.05, 4.69) is 42.8 Å². The second-order valence-corrected chi connectivity index (χ2v) is 5.44. The molecule has 138 valence electrons. The standard InChI is InChI=1S/C16H14N6O3S2/c1-10(12-7-4-5-9-17-12)18-20-16(26)21-19-15(22-27)25-13-8-3-2-6-11(13)14(23)24/h2-9H,1H3,(H,23,24)(H2,20,21,26). The van der Waals surface area contributed by atoms with Crippen LogP contribution in [0, 0.1) is 0 Å². The van der Waals surface area contributed by atoms with E-state index in [1.807, 2.05) is 6.07 Å². The van der Waals surface area contributed by atoms with Crippen LogP contribution in [-0.2, 0) is 12.4 Å². The molecule has 9 nitrogen and oxygen atoms in total. The molecular weight excluding hydrogens is 388 g/mol. The van der Waals surface area contributed by atoms with E-state index in [1.165, 1.54) is 12.1 Å². The van der Waals surface area contributed by atoms with Gasteiger partial charge in [0.25, 0.3) is 0 Å². The van der Waals surface area contributed by atoms with E-state index in [4.69, 9.17) is 22.1 Å². The number of benzene rings is 1. The smallest absolute Gasteiger partial charge is 0.351 e. The summed E-state index contributed by atoms with van der Waals surface area (Å²) >= 11 is 9.62. The number of rotatable bonds is 5. The van der Waals surface area contributed by atoms with Crippen LogP contribution >= 0.6 is 12.2 Å². The molecule has 0 aliphatic heterocycles. The van der Waals surface area contributed by atoms with Gasteiger partial charge in [0.2, 0.25) is 5.11 Å². The molecule has 0 atom stereocenters. The molecule has 1 aromatic carbocycles. The number of hydrazone groups is 2. The van der Waals surface area contributed by atoms with Crippen LogP contribution in [0.4, 0.5) is 0 Å². The first-order chi connectivity index (χ1) is 13.0. The SMILES string of the molecule is CC(=NNC(=S)NN=C(N=S)Oc1ccccc1C(=O)O)c1ccccn1. The Kier molecular flexibility index (Phi) is 7.40. The Balaban J connectivity index is 1.99. The quantitative estimate of drug-likeness (QED) is 0.301. The summed E-state index contributed by atoms with van der Waals surface area (Å²) in [6, 6.07) is 11.2. The van der Waals surface area contributed by atoms with Crippen LogP contribution in [0.5, 0.6) is 5.75 Å². The predicted molar refractivity (Wildman–Crippen MR) is 107 cm³/mol. The molecule has 0 spiro atoms. The van der Waals surface area contributed by atoms with Crippen molar-refractivity contribution in [1.82, 2.24) is 15.8 Å². The van der Waals surface area contributed by atoms with Crippen LogP contribution in [0.3, 0.4) is 0 Å². The molecule has 0 saturated heterocycles. The van der Waals surface area contributed by atoms with E-state index in [0.717, 1.165) is 0 Å². The molecular formula is C16H14N6O3S2. The van der Waals surface area contributed by atoms with E-state index in [9.17, 15) is 4.79 Å². The second-order valence-electron chi connectivity index (χ2n) is 4.85. The summed E-state index contributed by atoms with van der Waals surface area (Å²) in [5, 5.41) is 17.1. The first-order valence-electron chi connectivity index (χ1n) is 7.44. The molecule has 1 heterocycles. The Morgan fingerprint density at radius 2 is 1.85 bits per heavy atom. The maximum atomic E-state index is 11.2. The van der Waals surface area contributed by atoms with Gasteiger partial charge in [0.1, 0.15) is 11.3 Å². The molecule has 0 unspecified atom stereocenters. The minimum atomic E-state index is -1.15. The Hall–Kier alpha value is -3.31. The number of amidine groups is 1. The zero-order chi connectivity index (χ0) is 19.6. The van der Waals surface area contributed by atoms with E-state index < -0.39 is 5.97 Å². The Morgan fingerprint density at radius 3 is 2.52 bits per heavy atom. The average Bonchev–Trinajstić information content (AvgIpc) is 2.70. The molecule has 0 bridgehead atoms. The minimum absolute atomic E-state index is 0.0436. The number of carbonyl (C=O) groups is 1. The highest BCUT2D eigenvalue weighted by Gasteiger charge is 2.12. The first-order valence-corrected chi connectivity index (χ1v) is 8.21. The highest BCUT2D eigenvalue weighted by molar-refractivity contribution is 7.80. The third-order valence-corrected chi connectivity index (χ3v) is 3.35. The van der Waals surface area contributed by atoms with Crippen molar-refractivity contribution in [1.29, 1.82) is 0 Å². The fraction of sp³-hybridized carbons (Fsp3) is 0.0625. The van der Waals surface area contributed by atoms with Crippen LogP contribution in [0.25, 0.3) is 0 Å². The number of aromatic nitrogens is 1. The van der Waals surface area contributed by atoms with Gasteiger partial charge in [0, 0.05) is 18.6 Å². The summed E-state index contributed by atoms with van der Waals surface area (Å²) < 4.78 is 8.72. The van der Waals surface area contributed by atoms with Gasteiger partial charge in [-0.25, -0.2) is 10.2 Å². The van der Waals surface area contributed by atoms with Crippen molar-refractivity contribution in [2.45, 2.75) is 6.92 Å². The van der Waals surface area contributed by atoms with Crippen molar-refractivity contribution in [2.75, 3.05) is 0 Å². The lowest BCUT2D eigenvalue weighted by Gasteiger charge is -2.07. The summed E-state index contributed by atoms with van der Waals surface area (Å²) in [6.07, 6.45) is 1.65. The summed E-state index contributed by atoms with van der Waals surface area (Å²) in [5.74, 6) is -1.11. The number of nitrogens with one attached hydrogen (secondary N) is 2. The van der Waals surface area contributed by atoms with Crippen LogP contribution in [0.15, 0.2) is 63.2 Å². The van der Waals surface area contributed by atoms with Crippen LogP contribution in [0.1, 0.15) is 23.0 Å².